The maximum atomic E-state index is 12.3. The van der Waals surface area contributed by atoms with Crippen molar-refractivity contribution in [3.05, 3.63) is 89.2 Å². The summed E-state index contributed by atoms with van der Waals surface area (Å²) < 4.78 is 1.16. The Hall–Kier alpha value is -3.31. The molecule has 2 aromatic heterocycles. The first-order chi connectivity index (χ1) is 13.8. The van der Waals surface area contributed by atoms with E-state index in [0.29, 0.717) is 12.8 Å². The lowest BCUT2D eigenvalue weighted by atomic mass is 10.1. The van der Waals surface area contributed by atoms with E-state index in [9.17, 15) is 4.79 Å². The van der Waals surface area contributed by atoms with Crippen molar-refractivity contribution in [2.75, 3.05) is 5.32 Å². The minimum Gasteiger partial charge on any atom is -0.326 e. The molecule has 0 atom stereocenters. The van der Waals surface area contributed by atoms with Crippen LogP contribution in [0, 0.1) is 0 Å². The number of thiazole rings is 1. The summed E-state index contributed by atoms with van der Waals surface area (Å²) in [5.41, 5.74) is 3.69. The van der Waals surface area contributed by atoms with Gasteiger partial charge in [-0.15, -0.1) is 11.3 Å². The molecule has 0 spiro atoms. The van der Waals surface area contributed by atoms with Crippen LogP contribution in [-0.2, 0) is 11.2 Å². The molecule has 0 fully saturated rings. The van der Waals surface area contributed by atoms with Gasteiger partial charge < -0.3 is 5.32 Å². The first-order valence-electron chi connectivity index (χ1n) is 9.10. The van der Waals surface area contributed by atoms with Crippen molar-refractivity contribution in [1.82, 2.24) is 9.97 Å². The number of anilines is 1. The quantitative estimate of drug-likeness (QED) is 0.481. The van der Waals surface area contributed by atoms with E-state index in [1.807, 2.05) is 72.8 Å². The largest absolute Gasteiger partial charge is 0.326 e. The molecule has 0 aliphatic heterocycles. The number of hydrogen-bond acceptors (Lipinski definition) is 4. The molecule has 0 aliphatic carbocycles. The maximum Gasteiger partial charge on any atom is 0.224 e. The Labute approximate surface area is 167 Å². The second kappa shape index (κ2) is 8.59. The van der Waals surface area contributed by atoms with E-state index < -0.39 is 0 Å². The molecule has 1 N–H and O–H groups in total. The van der Waals surface area contributed by atoms with E-state index in [2.05, 4.69) is 21.4 Å². The molecule has 0 radical (unpaired) electrons. The standard InChI is InChI=1S/C23H19N3OS/c27-22(13-14-23-26-20-9-1-2-10-21(20)28-23)25-19-8-5-6-17(16-19)11-12-18-7-3-4-15-24-18/h1-12,15-16H,13-14H2,(H,25,27)/b12-11+. The molecule has 4 nitrogen and oxygen atoms in total. The molecular formula is C23H19N3OS. The molecule has 28 heavy (non-hydrogen) atoms. The number of hydrogen-bond donors (Lipinski definition) is 1. The van der Waals surface area contributed by atoms with Gasteiger partial charge >= 0.3 is 0 Å². The summed E-state index contributed by atoms with van der Waals surface area (Å²) in [5.74, 6) is -0.00916. The van der Waals surface area contributed by atoms with E-state index in [1.165, 1.54) is 0 Å². The number of aromatic nitrogens is 2. The van der Waals surface area contributed by atoms with Crippen molar-refractivity contribution < 1.29 is 4.79 Å². The lowest BCUT2D eigenvalue weighted by Crippen LogP contribution is -2.12. The van der Waals surface area contributed by atoms with Crippen LogP contribution in [0.4, 0.5) is 5.69 Å². The van der Waals surface area contributed by atoms with E-state index in [-0.39, 0.29) is 5.91 Å². The van der Waals surface area contributed by atoms with Gasteiger partial charge in [0.25, 0.3) is 0 Å². The SMILES string of the molecule is O=C(CCc1nc2ccccc2s1)Nc1cccc(/C=C/c2ccccn2)c1. The van der Waals surface area contributed by atoms with Crippen molar-refractivity contribution in [1.29, 1.82) is 0 Å². The van der Waals surface area contributed by atoms with Crippen LogP contribution in [0.2, 0.25) is 0 Å². The number of fused-ring (bicyclic) bond motifs is 1. The highest BCUT2D eigenvalue weighted by Gasteiger charge is 2.07. The minimum absolute atomic E-state index is 0.00916. The number of amides is 1. The Morgan fingerprint density at radius 1 is 1.00 bits per heavy atom. The van der Waals surface area contributed by atoms with Crippen molar-refractivity contribution in [2.24, 2.45) is 0 Å². The van der Waals surface area contributed by atoms with Crippen LogP contribution in [0.25, 0.3) is 22.4 Å². The number of aryl methyl sites for hydroxylation is 1. The summed E-state index contributed by atoms with van der Waals surface area (Å²) in [7, 11) is 0. The fourth-order valence-corrected chi connectivity index (χ4v) is 3.81. The summed E-state index contributed by atoms with van der Waals surface area (Å²) in [6.07, 6.45) is 6.76. The first-order valence-corrected chi connectivity index (χ1v) is 9.91. The summed E-state index contributed by atoms with van der Waals surface area (Å²) in [6, 6.07) is 21.6. The number of carbonyl (C=O) groups excluding carboxylic acids is 1. The van der Waals surface area contributed by atoms with Gasteiger partial charge in [0, 0.05) is 24.7 Å². The van der Waals surface area contributed by atoms with Crippen LogP contribution >= 0.6 is 11.3 Å². The van der Waals surface area contributed by atoms with E-state index >= 15 is 0 Å². The normalized spacial score (nSPS) is 11.1. The fraction of sp³-hybridized carbons (Fsp3) is 0.0870. The summed E-state index contributed by atoms with van der Waals surface area (Å²) >= 11 is 1.65. The molecule has 0 saturated heterocycles. The van der Waals surface area contributed by atoms with Gasteiger partial charge in [0.1, 0.15) is 0 Å². The van der Waals surface area contributed by atoms with Crippen molar-refractivity contribution in [3.8, 4) is 0 Å². The fourth-order valence-electron chi connectivity index (χ4n) is 2.85. The van der Waals surface area contributed by atoms with Gasteiger partial charge in [-0.05, 0) is 48.0 Å². The highest BCUT2D eigenvalue weighted by atomic mass is 32.1. The number of para-hydroxylation sites is 1. The van der Waals surface area contributed by atoms with Crippen molar-refractivity contribution >= 4 is 45.3 Å². The van der Waals surface area contributed by atoms with Crippen LogP contribution in [0.15, 0.2) is 72.9 Å². The average molecular weight is 385 g/mol. The molecule has 4 aromatic rings. The predicted octanol–water partition coefficient (Wildman–Crippen LogP) is 5.43. The Bertz CT molecular complexity index is 1090. The van der Waals surface area contributed by atoms with E-state index in [4.69, 9.17) is 0 Å². The number of nitrogens with one attached hydrogen (secondary N) is 1. The predicted molar refractivity (Wildman–Crippen MR) is 116 cm³/mol. The maximum absolute atomic E-state index is 12.3. The van der Waals surface area contributed by atoms with Crippen LogP contribution < -0.4 is 5.32 Å². The average Bonchev–Trinajstić information content (AvgIpc) is 3.15. The van der Waals surface area contributed by atoms with Crippen LogP contribution in [0.1, 0.15) is 22.7 Å². The zero-order valence-electron chi connectivity index (χ0n) is 15.2. The summed E-state index contributed by atoms with van der Waals surface area (Å²) in [4.78, 5) is 21.2. The molecule has 138 valence electrons. The van der Waals surface area contributed by atoms with Gasteiger partial charge in [-0.2, -0.15) is 0 Å². The third kappa shape index (κ3) is 4.69. The molecule has 4 rings (SSSR count). The van der Waals surface area contributed by atoms with Crippen molar-refractivity contribution in [2.45, 2.75) is 12.8 Å². The molecule has 0 aliphatic rings. The number of rotatable bonds is 6. The molecule has 1 amide bonds. The van der Waals surface area contributed by atoms with Crippen LogP contribution in [0.5, 0.6) is 0 Å². The van der Waals surface area contributed by atoms with Crippen LogP contribution in [-0.4, -0.2) is 15.9 Å². The highest BCUT2D eigenvalue weighted by Crippen LogP contribution is 2.22. The second-order valence-electron chi connectivity index (χ2n) is 6.34. The molecular weight excluding hydrogens is 366 g/mol. The van der Waals surface area contributed by atoms with Gasteiger partial charge in [0.15, 0.2) is 0 Å². The molecule has 2 aromatic carbocycles. The number of nitrogens with zero attached hydrogens (tertiary/aromatic N) is 2. The third-order valence-corrected chi connectivity index (χ3v) is 5.30. The first kappa shape index (κ1) is 18.1. The lowest BCUT2D eigenvalue weighted by Gasteiger charge is -2.05. The number of carbonyl (C=O) groups is 1. The Balaban J connectivity index is 1.35. The topological polar surface area (TPSA) is 54.9 Å². The lowest BCUT2D eigenvalue weighted by molar-refractivity contribution is -0.116. The van der Waals surface area contributed by atoms with Crippen LogP contribution in [0.3, 0.4) is 0 Å². The van der Waals surface area contributed by atoms with Gasteiger partial charge in [0.2, 0.25) is 5.91 Å². The Morgan fingerprint density at radius 2 is 1.89 bits per heavy atom. The van der Waals surface area contributed by atoms with E-state index in [1.54, 1.807) is 17.5 Å². The Kier molecular flexibility index (Phi) is 5.54. The Morgan fingerprint density at radius 3 is 2.75 bits per heavy atom. The third-order valence-electron chi connectivity index (χ3n) is 4.21. The number of benzene rings is 2. The summed E-state index contributed by atoms with van der Waals surface area (Å²) in [6.45, 7) is 0. The molecule has 0 unspecified atom stereocenters. The zero-order valence-corrected chi connectivity index (χ0v) is 16.0. The number of pyridine rings is 1. The second-order valence-corrected chi connectivity index (χ2v) is 7.45. The molecule has 0 bridgehead atoms. The summed E-state index contributed by atoms with van der Waals surface area (Å²) in [5, 5.41) is 3.96. The molecule has 2 heterocycles. The van der Waals surface area contributed by atoms with Gasteiger partial charge in [-0.1, -0.05) is 36.4 Å². The van der Waals surface area contributed by atoms with Gasteiger partial charge in [0.05, 0.1) is 20.9 Å². The molecule has 0 saturated carbocycles. The van der Waals surface area contributed by atoms with E-state index in [0.717, 1.165) is 32.2 Å². The molecule has 5 heteroatoms. The van der Waals surface area contributed by atoms with Gasteiger partial charge in [-0.25, -0.2) is 4.98 Å². The smallest absolute Gasteiger partial charge is 0.224 e. The van der Waals surface area contributed by atoms with Gasteiger partial charge in [-0.3, -0.25) is 9.78 Å². The zero-order chi connectivity index (χ0) is 19.2. The highest BCUT2D eigenvalue weighted by molar-refractivity contribution is 7.18. The van der Waals surface area contributed by atoms with Crippen molar-refractivity contribution in [3.63, 3.8) is 0 Å². The minimum atomic E-state index is -0.00916. The monoisotopic (exact) mass is 385 g/mol.